The number of anilines is 2. The van der Waals surface area contributed by atoms with Crippen molar-refractivity contribution in [2.24, 2.45) is 0 Å². The van der Waals surface area contributed by atoms with Crippen molar-refractivity contribution in [3.8, 4) is 5.75 Å². The predicted molar refractivity (Wildman–Crippen MR) is 111 cm³/mol. The average molecular weight is 398 g/mol. The van der Waals surface area contributed by atoms with E-state index in [1.54, 1.807) is 55.5 Å². The number of hydrogen-bond donors (Lipinski definition) is 1. The van der Waals surface area contributed by atoms with Crippen molar-refractivity contribution in [2.75, 3.05) is 30.0 Å². The molecule has 0 saturated carbocycles. The van der Waals surface area contributed by atoms with Gasteiger partial charge in [-0.1, -0.05) is 12.1 Å². The largest absolute Gasteiger partial charge is 0.494 e. The number of para-hydroxylation sites is 1. The minimum atomic E-state index is -0.497. The monoisotopic (exact) mass is 398 g/mol. The highest BCUT2D eigenvalue weighted by Gasteiger charge is 2.16. The van der Waals surface area contributed by atoms with Crippen molar-refractivity contribution in [3.05, 3.63) is 54.1 Å². The van der Waals surface area contributed by atoms with Crippen molar-refractivity contribution in [2.45, 2.75) is 27.2 Å². The van der Waals surface area contributed by atoms with Gasteiger partial charge in [0.15, 0.2) is 0 Å². The highest BCUT2D eigenvalue weighted by molar-refractivity contribution is 6.01. The van der Waals surface area contributed by atoms with Gasteiger partial charge in [-0.15, -0.1) is 0 Å². The van der Waals surface area contributed by atoms with Crippen LogP contribution in [-0.4, -0.2) is 37.5 Å². The zero-order valence-electron chi connectivity index (χ0n) is 16.9. The number of carbonyl (C=O) groups is 3. The van der Waals surface area contributed by atoms with Gasteiger partial charge in [0.1, 0.15) is 5.75 Å². The lowest BCUT2D eigenvalue weighted by Crippen LogP contribution is -2.32. The van der Waals surface area contributed by atoms with E-state index in [9.17, 15) is 14.4 Å². The summed E-state index contributed by atoms with van der Waals surface area (Å²) in [6.07, 6.45) is 0.0734. The quantitative estimate of drug-likeness (QED) is 0.652. The first-order chi connectivity index (χ1) is 14.0. The lowest BCUT2D eigenvalue weighted by molar-refractivity contribution is -0.117. The molecule has 2 aromatic carbocycles. The Labute approximate surface area is 170 Å². The molecule has 0 aliphatic carbocycles. The van der Waals surface area contributed by atoms with Gasteiger partial charge in [0, 0.05) is 25.6 Å². The Morgan fingerprint density at radius 3 is 2.28 bits per heavy atom. The maximum atomic E-state index is 12.4. The first-order valence-corrected chi connectivity index (χ1v) is 9.53. The fourth-order valence-electron chi connectivity index (χ4n) is 2.76. The third-order valence-electron chi connectivity index (χ3n) is 4.10. The summed E-state index contributed by atoms with van der Waals surface area (Å²) >= 11 is 0. The van der Waals surface area contributed by atoms with Crippen molar-refractivity contribution in [1.29, 1.82) is 0 Å². The molecule has 1 N–H and O–H groups in total. The number of esters is 1. The Bertz CT molecular complexity index is 849. The fraction of sp³-hybridized carbons (Fsp3) is 0.318. The third kappa shape index (κ3) is 6.34. The molecular formula is C22H26N2O5. The van der Waals surface area contributed by atoms with Crippen LogP contribution in [-0.2, 0) is 14.3 Å². The minimum Gasteiger partial charge on any atom is -0.494 e. The summed E-state index contributed by atoms with van der Waals surface area (Å²) in [5.41, 5.74) is 1.35. The highest BCUT2D eigenvalue weighted by atomic mass is 16.5. The first kappa shape index (κ1) is 21.9. The molecule has 29 heavy (non-hydrogen) atoms. The number of nitrogens with one attached hydrogen (secondary N) is 1. The third-order valence-corrected chi connectivity index (χ3v) is 4.10. The highest BCUT2D eigenvalue weighted by Crippen LogP contribution is 2.21. The van der Waals surface area contributed by atoms with E-state index in [2.05, 4.69) is 5.32 Å². The predicted octanol–water partition coefficient (Wildman–Crippen LogP) is 3.64. The number of benzene rings is 2. The molecule has 2 rings (SSSR count). The number of amides is 2. The molecule has 0 bridgehead atoms. The van der Waals surface area contributed by atoms with Crippen LogP contribution in [0.1, 0.15) is 37.6 Å². The molecule has 0 fully saturated rings. The second-order valence-corrected chi connectivity index (χ2v) is 6.16. The Hall–Kier alpha value is -3.35. The normalized spacial score (nSPS) is 10.2. The lowest BCUT2D eigenvalue weighted by Gasteiger charge is -2.21. The van der Waals surface area contributed by atoms with E-state index in [-0.39, 0.29) is 37.0 Å². The van der Waals surface area contributed by atoms with Crippen molar-refractivity contribution in [1.82, 2.24) is 0 Å². The van der Waals surface area contributed by atoms with Crippen LogP contribution in [0.4, 0.5) is 11.4 Å². The van der Waals surface area contributed by atoms with Gasteiger partial charge in [-0.05, 0) is 50.2 Å². The second-order valence-electron chi connectivity index (χ2n) is 6.16. The fourth-order valence-corrected chi connectivity index (χ4v) is 2.76. The Kier molecular flexibility index (Phi) is 8.21. The van der Waals surface area contributed by atoms with Crippen LogP contribution in [0, 0.1) is 0 Å². The SMILES string of the molecule is CCOC(=O)c1ccccc1NC(=O)CCN(C(C)=O)c1ccc(OCC)cc1. The van der Waals surface area contributed by atoms with Gasteiger partial charge in [0.25, 0.3) is 0 Å². The minimum absolute atomic E-state index is 0.0734. The summed E-state index contributed by atoms with van der Waals surface area (Å²) in [4.78, 5) is 38.0. The zero-order valence-corrected chi connectivity index (χ0v) is 16.9. The average Bonchev–Trinajstić information content (AvgIpc) is 2.70. The van der Waals surface area contributed by atoms with Crippen molar-refractivity contribution < 1.29 is 23.9 Å². The van der Waals surface area contributed by atoms with Crippen LogP contribution in [0.5, 0.6) is 5.75 Å². The summed E-state index contributed by atoms with van der Waals surface area (Å²) in [5, 5.41) is 2.72. The van der Waals surface area contributed by atoms with Gasteiger partial charge in [-0.25, -0.2) is 4.79 Å². The molecule has 2 aromatic rings. The zero-order chi connectivity index (χ0) is 21.2. The summed E-state index contributed by atoms with van der Waals surface area (Å²) in [6, 6.07) is 13.8. The molecule has 0 aliphatic rings. The van der Waals surface area contributed by atoms with Crippen molar-refractivity contribution in [3.63, 3.8) is 0 Å². The number of nitrogens with zero attached hydrogens (tertiary/aromatic N) is 1. The van der Waals surface area contributed by atoms with Crippen LogP contribution in [0.3, 0.4) is 0 Å². The van der Waals surface area contributed by atoms with E-state index in [1.165, 1.54) is 11.8 Å². The molecule has 0 aromatic heterocycles. The lowest BCUT2D eigenvalue weighted by atomic mass is 10.1. The Balaban J connectivity index is 2.03. The maximum Gasteiger partial charge on any atom is 0.340 e. The molecule has 7 nitrogen and oxygen atoms in total. The molecule has 0 heterocycles. The Morgan fingerprint density at radius 1 is 0.966 bits per heavy atom. The molecule has 7 heteroatoms. The molecule has 0 spiro atoms. The van der Waals surface area contributed by atoms with E-state index >= 15 is 0 Å². The summed E-state index contributed by atoms with van der Waals surface area (Å²) in [5.74, 6) is -0.260. The van der Waals surface area contributed by atoms with E-state index < -0.39 is 5.97 Å². The summed E-state index contributed by atoms with van der Waals surface area (Å²) < 4.78 is 10.4. The van der Waals surface area contributed by atoms with Gasteiger partial charge in [0.2, 0.25) is 11.8 Å². The van der Waals surface area contributed by atoms with Gasteiger partial charge >= 0.3 is 5.97 Å². The molecule has 0 atom stereocenters. The molecule has 2 amide bonds. The van der Waals surface area contributed by atoms with Crippen molar-refractivity contribution >= 4 is 29.2 Å². The van der Waals surface area contributed by atoms with Crippen LogP contribution in [0.2, 0.25) is 0 Å². The van der Waals surface area contributed by atoms with E-state index in [4.69, 9.17) is 9.47 Å². The smallest absolute Gasteiger partial charge is 0.340 e. The van der Waals surface area contributed by atoms with Gasteiger partial charge < -0.3 is 19.7 Å². The topological polar surface area (TPSA) is 84.9 Å². The number of hydrogen-bond acceptors (Lipinski definition) is 5. The van der Waals surface area contributed by atoms with E-state index in [0.29, 0.717) is 23.7 Å². The maximum absolute atomic E-state index is 12.4. The Morgan fingerprint density at radius 2 is 1.66 bits per heavy atom. The van der Waals surface area contributed by atoms with Gasteiger partial charge in [0.05, 0.1) is 24.5 Å². The summed E-state index contributed by atoms with van der Waals surface area (Å²) in [7, 11) is 0. The molecule has 0 saturated heterocycles. The van der Waals surface area contributed by atoms with Crippen LogP contribution in [0.15, 0.2) is 48.5 Å². The second kappa shape index (κ2) is 10.8. The van der Waals surface area contributed by atoms with Gasteiger partial charge in [-0.2, -0.15) is 0 Å². The van der Waals surface area contributed by atoms with Gasteiger partial charge in [-0.3, -0.25) is 9.59 Å². The molecule has 0 unspecified atom stereocenters. The number of carbonyl (C=O) groups excluding carboxylic acids is 3. The first-order valence-electron chi connectivity index (χ1n) is 9.53. The van der Waals surface area contributed by atoms with Crippen LogP contribution < -0.4 is 15.0 Å². The van der Waals surface area contributed by atoms with Crippen LogP contribution in [0.25, 0.3) is 0 Å². The standard InChI is InChI=1S/C22H26N2O5/c1-4-28-18-12-10-17(11-13-18)24(16(3)25)15-14-21(26)23-20-9-7-6-8-19(20)22(27)29-5-2/h6-13H,4-5,14-15H2,1-3H3,(H,23,26). The molecule has 154 valence electrons. The molecule has 0 radical (unpaired) electrons. The molecular weight excluding hydrogens is 372 g/mol. The van der Waals surface area contributed by atoms with Crippen LogP contribution >= 0.6 is 0 Å². The molecule has 0 aliphatic heterocycles. The number of rotatable bonds is 9. The van der Waals surface area contributed by atoms with E-state index in [1.807, 2.05) is 6.92 Å². The number of ether oxygens (including phenoxy) is 2. The van der Waals surface area contributed by atoms with E-state index in [0.717, 1.165) is 0 Å². The summed E-state index contributed by atoms with van der Waals surface area (Å²) in [6.45, 7) is 6.08.